The molecular formula is C29H34ClN7O2S. The molecule has 11 heteroatoms. The summed E-state index contributed by atoms with van der Waals surface area (Å²) in [5, 5.41) is 5.54. The second-order valence-electron chi connectivity index (χ2n) is 9.77. The number of benzene rings is 2. The number of anilines is 2. The first-order valence-electron chi connectivity index (χ1n) is 13.6. The van der Waals surface area contributed by atoms with E-state index in [0.717, 1.165) is 53.2 Å². The molecule has 5 rings (SSSR count). The number of hydrogen-bond donors (Lipinski definition) is 1. The Balaban J connectivity index is 1.33. The smallest absolute Gasteiger partial charge is 0.242 e. The summed E-state index contributed by atoms with van der Waals surface area (Å²) < 4.78 is 8.31. The van der Waals surface area contributed by atoms with Gasteiger partial charge in [-0.2, -0.15) is 0 Å². The number of nitrogens with zero attached hydrogens (tertiary/aromatic N) is 6. The van der Waals surface area contributed by atoms with Crippen LogP contribution in [0.1, 0.15) is 26.7 Å². The number of carbonyl (C=O) groups is 1. The first kappa shape index (κ1) is 28.2. The molecule has 0 bridgehead atoms. The van der Waals surface area contributed by atoms with E-state index in [-0.39, 0.29) is 18.6 Å². The van der Waals surface area contributed by atoms with Gasteiger partial charge in [0, 0.05) is 49.2 Å². The number of likely N-dealkylation sites (N-methyl/N-ethyl adjacent to an activating group) is 1. The maximum absolute atomic E-state index is 12.6. The zero-order chi connectivity index (χ0) is 28.1. The van der Waals surface area contributed by atoms with Gasteiger partial charge in [0.25, 0.3) is 0 Å². The summed E-state index contributed by atoms with van der Waals surface area (Å²) in [7, 11) is 2.14. The van der Waals surface area contributed by atoms with E-state index in [1.807, 2.05) is 65.9 Å². The fourth-order valence-corrected chi connectivity index (χ4v) is 5.93. The number of fused-ring (bicyclic) bond motifs is 1. The highest BCUT2D eigenvalue weighted by Crippen LogP contribution is 2.37. The van der Waals surface area contributed by atoms with Gasteiger partial charge in [-0.05, 0) is 64.1 Å². The number of imidazole rings is 1. The Hall–Kier alpha value is -3.34. The quantitative estimate of drug-likeness (QED) is 0.255. The van der Waals surface area contributed by atoms with Crippen molar-refractivity contribution in [2.24, 2.45) is 0 Å². The SMILES string of the molecule is CCN(CC)C(=O)Cn1ccnc1Sc1ccc(Nc2ncnc3cccc(OC4CCN(C)CC4)c23)cc1Cl. The van der Waals surface area contributed by atoms with Gasteiger partial charge in [-0.1, -0.05) is 29.4 Å². The third-order valence-corrected chi connectivity index (χ3v) is 8.60. The molecule has 40 heavy (non-hydrogen) atoms. The van der Waals surface area contributed by atoms with Gasteiger partial charge in [0.2, 0.25) is 5.91 Å². The van der Waals surface area contributed by atoms with Gasteiger partial charge in [-0.25, -0.2) is 15.0 Å². The highest BCUT2D eigenvalue weighted by molar-refractivity contribution is 7.99. The average molecular weight is 580 g/mol. The lowest BCUT2D eigenvalue weighted by atomic mass is 10.1. The predicted molar refractivity (Wildman–Crippen MR) is 160 cm³/mol. The predicted octanol–water partition coefficient (Wildman–Crippen LogP) is 5.72. The van der Waals surface area contributed by atoms with Crippen molar-refractivity contribution in [1.29, 1.82) is 0 Å². The molecule has 0 spiro atoms. The second-order valence-corrected chi connectivity index (χ2v) is 11.2. The van der Waals surface area contributed by atoms with Crippen LogP contribution in [0.25, 0.3) is 10.9 Å². The van der Waals surface area contributed by atoms with Crippen LogP contribution in [0.3, 0.4) is 0 Å². The molecule has 0 saturated carbocycles. The monoisotopic (exact) mass is 579 g/mol. The molecule has 0 unspecified atom stereocenters. The summed E-state index contributed by atoms with van der Waals surface area (Å²) in [6.45, 7) is 7.60. The first-order valence-corrected chi connectivity index (χ1v) is 14.8. The van der Waals surface area contributed by atoms with Crippen molar-refractivity contribution in [2.75, 3.05) is 38.5 Å². The molecule has 1 amide bonds. The van der Waals surface area contributed by atoms with E-state index in [1.54, 1.807) is 12.5 Å². The molecule has 1 fully saturated rings. The lowest BCUT2D eigenvalue weighted by Gasteiger charge is -2.29. The van der Waals surface area contributed by atoms with Crippen LogP contribution >= 0.6 is 23.4 Å². The number of rotatable bonds is 10. The Kier molecular flexibility index (Phi) is 9.08. The van der Waals surface area contributed by atoms with Crippen LogP contribution in [0.4, 0.5) is 11.5 Å². The second kappa shape index (κ2) is 12.9. The van der Waals surface area contributed by atoms with Gasteiger partial charge in [0.05, 0.1) is 15.9 Å². The Morgan fingerprint density at radius 2 is 1.95 bits per heavy atom. The summed E-state index contributed by atoms with van der Waals surface area (Å²) in [4.78, 5) is 31.0. The molecule has 1 saturated heterocycles. The zero-order valence-electron chi connectivity index (χ0n) is 23.0. The van der Waals surface area contributed by atoms with E-state index >= 15 is 0 Å². The number of carbonyl (C=O) groups excluding carboxylic acids is 1. The van der Waals surface area contributed by atoms with Gasteiger partial charge in [0.15, 0.2) is 5.16 Å². The Morgan fingerprint density at radius 3 is 2.70 bits per heavy atom. The number of halogens is 1. The Morgan fingerprint density at radius 1 is 1.15 bits per heavy atom. The fourth-order valence-electron chi connectivity index (χ4n) is 4.79. The molecule has 9 nitrogen and oxygen atoms in total. The maximum Gasteiger partial charge on any atom is 0.242 e. The molecule has 1 N–H and O–H groups in total. The van der Waals surface area contributed by atoms with E-state index < -0.39 is 0 Å². The van der Waals surface area contributed by atoms with Gasteiger partial charge < -0.3 is 24.4 Å². The summed E-state index contributed by atoms with van der Waals surface area (Å²) >= 11 is 8.15. The van der Waals surface area contributed by atoms with Gasteiger partial charge in [-0.3, -0.25) is 4.79 Å². The Bertz CT molecular complexity index is 1460. The van der Waals surface area contributed by atoms with Crippen LogP contribution in [-0.2, 0) is 11.3 Å². The molecule has 1 aliphatic heterocycles. The van der Waals surface area contributed by atoms with Crippen molar-refractivity contribution in [1.82, 2.24) is 29.3 Å². The molecular weight excluding hydrogens is 546 g/mol. The Labute approximate surface area is 243 Å². The van der Waals surface area contributed by atoms with Crippen LogP contribution in [0.2, 0.25) is 5.02 Å². The first-order chi connectivity index (χ1) is 19.4. The van der Waals surface area contributed by atoms with E-state index in [1.165, 1.54) is 11.8 Å². The minimum Gasteiger partial charge on any atom is -0.489 e. The molecule has 3 heterocycles. The summed E-state index contributed by atoms with van der Waals surface area (Å²) in [6, 6.07) is 11.7. The van der Waals surface area contributed by atoms with Gasteiger partial charge in [0.1, 0.15) is 30.5 Å². The van der Waals surface area contributed by atoms with Gasteiger partial charge >= 0.3 is 0 Å². The number of hydrogen-bond acceptors (Lipinski definition) is 8. The van der Waals surface area contributed by atoms with E-state index in [2.05, 4.69) is 32.2 Å². The number of piperidine rings is 1. The molecule has 0 atom stereocenters. The van der Waals surface area contributed by atoms with Crippen molar-refractivity contribution in [3.05, 3.63) is 60.1 Å². The van der Waals surface area contributed by atoms with Crippen molar-refractivity contribution in [3.63, 3.8) is 0 Å². The maximum atomic E-state index is 12.6. The summed E-state index contributed by atoms with van der Waals surface area (Å²) in [5.74, 6) is 1.50. The highest BCUT2D eigenvalue weighted by Gasteiger charge is 2.20. The molecule has 4 aromatic rings. The standard InChI is InChI=1S/C29H34ClN7O2S/c1-4-36(5-2)26(38)18-37-16-13-31-29(37)40-25-10-9-20(17-22(25)30)34-28-27-23(32-19-33-28)7-6-8-24(27)39-21-11-14-35(3)15-12-21/h6-10,13,16-17,19,21H,4-5,11-12,14-15,18H2,1-3H3,(H,32,33,34). The number of aromatic nitrogens is 4. The van der Waals surface area contributed by atoms with Crippen molar-refractivity contribution >= 4 is 51.7 Å². The van der Waals surface area contributed by atoms with Crippen molar-refractivity contribution < 1.29 is 9.53 Å². The van der Waals surface area contributed by atoms with Gasteiger partial charge in [-0.15, -0.1) is 0 Å². The summed E-state index contributed by atoms with van der Waals surface area (Å²) in [5.41, 5.74) is 1.61. The van der Waals surface area contributed by atoms with E-state index in [4.69, 9.17) is 16.3 Å². The van der Waals surface area contributed by atoms with Crippen molar-refractivity contribution in [2.45, 2.75) is 49.4 Å². The molecule has 0 radical (unpaired) electrons. The molecule has 0 aliphatic carbocycles. The molecule has 210 valence electrons. The van der Waals surface area contributed by atoms with Crippen LogP contribution in [-0.4, -0.2) is 74.6 Å². The van der Waals surface area contributed by atoms with Crippen LogP contribution in [0, 0.1) is 0 Å². The molecule has 2 aromatic heterocycles. The normalized spacial score (nSPS) is 14.4. The number of nitrogens with one attached hydrogen (secondary N) is 1. The lowest BCUT2D eigenvalue weighted by molar-refractivity contribution is -0.131. The van der Waals surface area contributed by atoms with Crippen LogP contribution in [0.15, 0.2) is 65.2 Å². The van der Waals surface area contributed by atoms with Crippen LogP contribution in [0.5, 0.6) is 5.75 Å². The lowest BCUT2D eigenvalue weighted by Crippen LogP contribution is -2.35. The number of ether oxygens (including phenoxy) is 1. The van der Waals surface area contributed by atoms with Crippen LogP contribution < -0.4 is 10.1 Å². The average Bonchev–Trinajstić information content (AvgIpc) is 3.38. The molecule has 1 aliphatic rings. The number of likely N-dealkylation sites (tertiary alicyclic amines) is 1. The third kappa shape index (κ3) is 6.51. The third-order valence-electron chi connectivity index (χ3n) is 7.08. The number of amides is 1. The molecule has 2 aromatic carbocycles. The largest absolute Gasteiger partial charge is 0.489 e. The minimum absolute atomic E-state index is 0.0618. The zero-order valence-corrected chi connectivity index (χ0v) is 24.6. The topological polar surface area (TPSA) is 88.4 Å². The fraction of sp³-hybridized carbons (Fsp3) is 0.379. The summed E-state index contributed by atoms with van der Waals surface area (Å²) in [6.07, 6.45) is 7.21. The minimum atomic E-state index is 0.0618. The van der Waals surface area contributed by atoms with E-state index in [0.29, 0.717) is 29.1 Å². The highest BCUT2D eigenvalue weighted by atomic mass is 35.5. The van der Waals surface area contributed by atoms with Crippen molar-refractivity contribution in [3.8, 4) is 5.75 Å². The van der Waals surface area contributed by atoms with E-state index in [9.17, 15) is 4.79 Å².